The topological polar surface area (TPSA) is 83.5 Å². The third-order valence-corrected chi connectivity index (χ3v) is 6.32. The number of nitrogens with one attached hydrogen (secondary N) is 1. The maximum absolute atomic E-state index is 13.0. The van der Waals surface area contributed by atoms with Gasteiger partial charge in [-0.2, -0.15) is 0 Å². The largest absolute Gasteiger partial charge is 0.478 e. The number of rotatable bonds is 4. The Hall–Kier alpha value is -1.45. The Morgan fingerprint density at radius 1 is 1.35 bits per heavy atom. The van der Waals surface area contributed by atoms with Crippen molar-refractivity contribution in [3.05, 3.63) is 45.5 Å². The molecule has 0 radical (unpaired) electrons. The zero-order valence-electron chi connectivity index (χ0n) is 9.63. The molecule has 0 aliphatic heterocycles. The van der Waals surface area contributed by atoms with E-state index in [0.717, 1.165) is 29.5 Å². The van der Waals surface area contributed by atoms with E-state index in [1.54, 1.807) is 11.4 Å². The summed E-state index contributed by atoms with van der Waals surface area (Å²) in [6.07, 6.45) is 0. The second-order valence-corrected chi connectivity index (χ2v) is 7.30. The van der Waals surface area contributed by atoms with Gasteiger partial charge in [0.2, 0.25) is 0 Å². The molecular weight excluding hydrogens is 373 g/mol. The molecule has 0 amide bonds. The molecule has 0 fully saturated rings. The summed E-state index contributed by atoms with van der Waals surface area (Å²) >= 11 is 4.06. The van der Waals surface area contributed by atoms with Crippen molar-refractivity contribution in [2.75, 3.05) is 4.72 Å². The van der Waals surface area contributed by atoms with Gasteiger partial charge in [0.05, 0.1) is 11.3 Å². The second kappa shape index (κ2) is 5.51. The van der Waals surface area contributed by atoms with Crippen molar-refractivity contribution >= 4 is 48.9 Å². The van der Waals surface area contributed by atoms with Crippen molar-refractivity contribution in [2.45, 2.75) is 4.21 Å². The molecule has 5 nitrogen and oxygen atoms in total. The Labute approximate surface area is 126 Å². The van der Waals surface area contributed by atoms with Crippen LogP contribution in [0.4, 0.5) is 10.1 Å². The third-order valence-electron chi connectivity index (χ3n) is 2.28. The molecule has 0 saturated heterocycles. The van der Waals surface area contributed by atoms with E-state index < -0.39 is 27.4 Å². The predicted octanol–water partition coefficient (Wildman–Crippen LogP) is 3.15. The van der Waals surface area contributed by atoms with Gasteiger partial charge in [-0.15, -0.1) is 11.3 Å². The van der Waals surface area contributed by atoms with Crippen molar-refractivity contribution in [1.82, 2.24) is 0 Å². The normalized spacial score (nSPS) is 11.3. The first-order valence-electron chi connectivity index (χ1n) is 5.10. The summed E-state index contributed by atoms with van der Waals surface area (Å²) in [4.78, 5) is 11.0. The predicted molar refractivity (Wildman–Crippen MR) is 76.2 cm³/mol. The zero-order chi connectivity index (χ0) is 14.9. The number of carbonyl (C=O) groups is 1. The molecule has 1 aromatic heterocycles. The van der Waals surface area contributed by atoms with Crippen LogP contribution in [0.5, 0.6) is 0 Å². The lowest BCUT2D eigenvalue weighted by atomic mass is 10.2. The first kappa shape index (κ1) is 14.9. The van der Waals surface area contributed by atoms with Crippen molar-refractivity contribution in [2.24, 2.45) is 0 Å². The molecule has 0 saturated carbocycles. The molecule has 0 spiro atoms. The highest BCUT2D eigenvalue weighted by Gasteiger charge is 2.22. The molecule has 0 unspecified atom stereocenters. The van der Waals surface area contributed by atoms with E-state index in [4.69, 9.17) is 5.11 Å². The van der Waals surface area contributed by atoms with Crippen LogP contribution in [0, 0.1) is 5.82 Å². The Morgan fingerprint density at radius 2 is 2.05 bits per heavy atom. The van der Waals surface area contributed by atoms with Crippen LogP contribution >= 0.6 is 27.3 Å². The lowest BCUT2D eigenvalue weighted by molar-refractivity contribution is 0.0697. The lowest BCUT2D eigenvalue weighted by Crippen LogP contribution is -2.15. The highest BCUT2D eigenvalue weighted by Crippen LogP contribution is 2.30. The van der Waals surface area contributed by atoms with Crippen LogP contribution in [0.25, 0.3) is 0 Å². The molecule has 2 aromatic rings. The van der Waals surface area contributed by atoms with E-state index in [2.05, 4.69) is 20.7 Å². The van der Waals surface area contributed by atoms with Gasteiger partial charge in [0.15, 0.2) is 4.21 Å². The van der Waals surface area contributed by atoms with E-state index >= 15 is 0 Å². The summed E-state index contributed by atoms with van der Waals surface area (Å²) in [5.41, 5.74) is -0.652. The number of carboxylic acids is 1. The highest BCUT2D eigenvalue weighted by molar-refractivity contribution is 9.10. The number of thiophene rings is 1. The van der Waals surface area contributed by atoms with E-state index in [-0.39, 0.29) is 9.90 Å². The van der Waals surface area contributed by atoms with E-state index in [9.17, 15) is 17.6 Å². The first-order chi connectivity index (χ1) is 9.31. The van der Waals surface area contributed by atoms with Gasteiger partial charge in [0.1, 0.15) is 5.82 Å². The van der Waals surface area contributed by atoms with Crippen molar-refractivity contribution in [1.29, 1.82) is 0 Å². The van der Waals surface area contributed by atoms with Gasteiger partial charge in [-0.05, 0) is 45.6 Å². The fraction of sp³-hybridized carbons (Fsp3) is 0. The molecule has 2 N–H and O–H groups in total. The Morgan fingerprint density at radius 3 is 2.60 bits per heavy atom. The van der Waals surface area contributed by atoms with Crippen LogP contribution in [-0.4, -0.2) is 19.5 Å². The number of benzene rings is 1. The van der Waals surface area contributed by atoms with Crippen LogP contribution < -0.4 is 4.72 Å². The van der Waals surface area contributed by atoms with E-state index in [1.165, 1.54) is 0 Å². The minimum Gasteiger partial charge on any atom is -0.478 e. The van der Waals surface area contributed by atoms with Gasteiger partial charge in [-0.25, -0.2) is 17.6 Å². The number of aromatic carboxylic acids is 1. The fourth-order valence-corrected chi connectivity index (χ4v) is 4.86. The van der Waals surface area contributed by atoms with E-state index in [0.29, 0.717) is 4.47 Å². The Bertz CT molecular complexity index is 772. The zero-order valence-corrected chi connectivity index (χ0v) is 12.9. The summed E-state index contributed by atoms with van der Waals surface area (Å²) < 4.78 is 39.8. The van der Waals surface area contributed by atoms with Gasteiger partial charge in [0.25, 0.3) is 10.0 Å². The quantitative estimate of drug-likeness (QED) is 0.854. The highest BCUT2D eigenvalue weighted by atomic mass is 79.9. The van der Waals surface area contributed by atoms with Crippen LogP contribution in [0.15, 0.2) is 38.3 Å². The molecule has 2 rings (SSSR count). The Balaban J connectivity index is 2.45. The van der Waals surface area contributed by atoms with Crippen molar-refractivity contribution in [3.63, 3.8) is 0 Å². The van der Waals surface area contributed by atoms with Gasteiger partial charge < -0.3 is 5.11 Å². The summed E-state index contributed by atoms with van der Waals surface area (Å²) in [5.74, 6) is -2.19. The van der Waals surface area contributed by atoms with Gasteiger partial charge >= 0.3 is 5.97 Å². The molecule has 9 heteroatoms. The van der Waals surface area contributed by atoms with Gasteiger partial charge in [-0.3, -0.25) is 4.72 Å². The fourth-order valence-electron chi connectivity index (χ4n) is 1.45. The Kier molecular flexibility index (Phi) is 4.11. The molecule has 0 atom stereocenters. The summed E-state index contributed by atoms with van der Waals surface area (Å²) in [5, 5.41) is 10.5. The molecular formula is C11H7BrFNO4S2. The van der Waals surface area contributed by atoms with Gasteiger partial charge in [-0.1, -0.05) is 0 Å². The average Bonchev–Trinajstić information content (AvgIpc) is 2.78. The third kappa shape index (κ3) is 3.00. The van der Waals surface area contributed by atoms with Crippen LogP contribution in [0.3, 0.4) is 0 Å². The number of hydrogen-bond donors (Lipinski definition) is 2. The SMILES string of the molecule is O=C(O)c1cc(F)ccc1NS(=O)(=O)c1sccc1Br. The van der Waals surface area contributed by atoms with Crippen LogP contribution in [0.2, 0.25) is 0 Å². The second-order valence-electron chi connectivity index (χ2n) is 3.66. The molecule has 1 heterocycles. The van der Waals surface area contributed by atoms with E-state index in [1.807, 2.05) is 0 Å². The van der Waals surface area contributed by atoms with Crippen LogP contribution in [0.1, 0.15) is 10.4 Å². The summed E-state index contributed by atoms with van der Waals surface area (Å²) in [7, 11) is -3.93. The summed E-state index contributed by atoms with van der Waals surface area (Å²) in [6, 6.07) is 4.36. The molecule has 0 bridgehead atoms. The average molecular weight is 380 g/mol. The standard InChI is InChI=1S/C11H7BrFNO4S2/c12-8-3-4-19-11(8)20(17,18)14-9-2-1-6(13)5-7(9)10(15)16/h1-5,14H,(H,15,16). The summed E-state index contributed by atoms with van der Waals surface area (Å²) in [6.45, 7) is 0. The van der Waals surface area contributed by atoms with Crippen molar-refractivity contribution < 1.29 is 22.7 Å². The minimum atomic E-state index is -3.93. The van der Waals surface area contributed by atoms with Crippen molar-refractivity contribution in [3.8, 4) is 0 Å². The maximum Gasteiger partial charge on any atom is 0.337 e. The molecule has 0 aliphatic carbocycles. The molecule has 20 heavy (non-hydrogen) atoms. The molecule has 1 aromatic carbocycles. The monoisotopic (exact) mass is 379 g/mol. The van der Waals surface area contributed by atoms with Crippen LogP contribution in [-0.2, 0) is 10.0 Å². The lowest BCUT2D eigenvalue weighted by Gasteiger charge is -2.09. The molecule has 106 valence electrons. The number of hydrogen-bond acceptors (Lipinski definition) is 4. The minimum absolute atomic E-state index is 0.0122. The molecule has 0 aliphatic rings. The first-order valence-corrected chi connectivity index (χ1v) is 8.25. The van der Waals surface area contributed by atoms with Gasteiger partial charge in [0, 0.05) is 4.47 Å². The number of carboxylic acid groups (broad SMARTS) is 1. The smallest absolute Gasteiger partial charge is 0.337 e. The number of sulfonamides is 1. The number of anilines is 1. The number of halogens is 2. The maximum atomic E-state index is 13.0.